The van der Waals surface area contributed by atoms with Gasteiger partial charge >= 0.3 is 18.2 Å². The van der Waals surface area contributed by atoms with E-state index in [1.165, 1.54) is 11.0 Å². The van der Waals surface area contributed by atoms with E-state index < -0.39 is 17.2 Å². The maximum absolute atomic E-state index is 17.2. The minimum absolute atomic E-state index is 0.00765. The molecule has 4 saturated heterocycles. The number of pyridine rings is 1. The summed E-state index contributed by atoms with van der Waals surface area (Å²) >= 11 is 0. The second-order valence-corrected chi connectivity index (χ2v) is 16.6. The van der Waals surface area contributed by atoms with E-state index in [4.69, 9.17) is 30.6 Å². The third-order valence-electron chi connectivity index (χ3n) is 11.7. The number of hydrogen-bond acceptors (Lipinski definition) is 10. The lowest BCUT2D eigenvalue weighted by Crippen LogP contribution is -2.57. The van der Waals surface area contributed by atoms with E-state index in [-0.39, 0.29) is 71.8 Å². The van der Waals surface area contributed by atoms with Gasteiger partial charge in [-0.1, -0.05) is 30.2 Å². The van der Waals surface area contributed by atoms with Crippen LogP contribution in [-0.4, -0.2) is 118 Å². The van der Waals surface area contributed by atoms with Crippen molar-refractivity contribution in [1.29, 1.82) is 0 Å². The highest BCUT2D eigenvalue weighted by atomic mass is 19.1. The molecule has 4 aliphatic heterocycles. The van der Waals surface area contributed by atoms with Gasteiger partial charge in [-0.25, -0.2) is 18.4 Å². The van der Waals surface area contributed by atoms with Crippen LogP contribution in [0.15, 0.2) is 36.5 Å². The second-order valence-electron chi connectivity index (χ2n) is 16.6. The monoisotopic (exact) mass is 767 g/mol. The fourth-order valence-corrected chi connectivity index (χ4v) is 9.18. The Morgan fingerprint density at radius 3 is 2.54 bits per heavy atom. The highest BCUT2D eigenvalue weighted by Crippen LogP contribution is 2.44. The molecule has 0 aliphatic carbocycles. The van der Waals surface area contributed by atoms with Gasteiger partial charge < -0.3 is 24.0 Å². The molecular formula is C42H47F2N7O5. The first-order valence-electron chi connectivity index (χ1n) is 19.3. The first kappa shape index (κ1) is 37.6. The number of carbonyl (C=O) groups is 2. The Labute approximate surface area is 325 Å². The fraction of sp³-hybridized carbons (Fsp3) is 0.500. The molecule has 4 aromatic rings. The Hall–Kier alpha value is -5.29. The molecular weight excluding hydrogens is 721 g/mol. The van der Waals surface area contributed by atoms with Crippen LogP contribution < -0.4 is 9.64 Å². The summed E-state index contributed by atoms with van der Waals surface area (Å²) < 4.78 is 50.0. The van der Waals surface area contributed by atoms with Gasteiger partial charge in [-0.05, 0) is 77.3 Å². The van der Waals surface area contributed by atoms with Gasteiger partial charge in [0.05, 0.1) is 28.6 Å². The Bertz CT molecular complexity index is 2240. The molecule has 2 aromatic carbocycles. The van der Waals surface area contributed by atoms with Crippen LogP contribution in [0.3, 0.4) is 0 Å². The van der Waals surface area contributed by atoms with Gasteiger partial charge in [0.25, 0.3) is 0 Å². The van der Waals surface area contributed by atoms with Gasteiger partial charge in [0.2, 0.25) is 0 Å². The van der Waals surface area contributed by atoms with Gasteiger partial charge in [-0.3, -0.25) is 14.8 Å². The van der Waals surface area contributed by atoms with Crippen molar-refractivity contribution in [1.82, 2.24) is 29.7 Å². The van der Waals surface area contributed by atoms with Crippen molar-refractivity contribution >= 4 is 39.7 Å². The zero-order valence-electron chi connectivity index (χ0n) is 32.5. The number of ether oxygens (including phenoxy) is 3. The maximum atomic E-state index is 17.2. The molecule has 0 N–H and O–H groups in total. The van der Waals surface area contributed by atoms with E-state index in [1.54, 1.807) is 44.6 Å². The first-order valence-corrected chi connectivity index (χ1v) is 19.3. The molecule has 4 fully saturated rings. The number of hydrogen-bond donors (Lipinski definition) is 0. The Morgan fingerprint density at radius 1 is 1.05 bits per heavy atom. The summed E-state index contributed by atoms with van der Waals surface area (Å²) in [4.78, 5) is 47.4. The maximum Gasteiger partial charge on any atom is 0.410 e. The molecule has 2 amide bonds. The van der Waals surface area contributed by atoms with Crippen molar-refractivity contribution in [2.45, 2.75) is 88.6 Å². The number of nitrogens with zero attached hydrogens (tertiary/aromatic N) is 7. The molecule has 56 heavy (non-hydrogen) atoms. The predicted octanol–water partition coefficient (Wildman–Crippen LogP) is 6.77. The van der Waals surface area contributed by atoms with Crippen molar-refractivity contribution < 1.29 is 32.6 Å². The molecule has 0 unspecified atom stereocenters. The zero-order chi connectivity index (χ0) is 39.5. The van der Waals surface area contributed by atoms with Gasteiger partial charge in [-0.15, -0.1) is 6.42 Å². The normalized spacial score (nSPS) is 23.4. The van der Waals surface area contributed by atoms with Gasteiger partial charge in [-0.2, -0.15) is 9.97 Å². The van der Waals surface area contributed by atoms with E-state index >= 15 is 4.39 Å². The molecule has 0 spiro atoms. The summed E-state index contributed by atoms with van der Waals surface area (Å²) in [7, 11) is 3.32. The number of benzene rings is 2. The average molecular weight is 768 g/mol. The Balaban J connectivity index is 1.17. The minimum Gasteiger partial charge on any atom is -0.461 e. The number of carbonyl (C=O) groups excluding carboxylic acids is 2. The number of anilines is 1. The fourth-order valence-electron chi connectivity index (χ4n) is 9.18. The molecule has 8 rings (SSSR count). The minimum atomic E-state index is -0.713. The lowest BCUT2D eigenvalue weighted by molar-refractivity contribution is 0.0122. The van der Waals surface area contributed by atoms with Crippen molar-refractivity contribution in [3.05, 3.63) is 53.7 Å². The molecule has 2 bridgehead atoms. The van der Waals surface area contributed by atoms with Crippen LogP contribution in [0.4, 0.5) is 24.2 Å². The second kappa shape index (κ2) is 14.3. The van der Waals surface area contributed by atoms with Crippen LogP contribution in [0, 0.1) is 24.0 Å². The summed E-state index contributed by atoms with van der Waals surface area (Å²) in [5.41, 5.74) is -0.599. The Kier molecular flexibility index (Phi) is 9.63. The van der Waals surface area contributed by atoms with Crippen molar-refractivity contribution in [3.8, 4) is 29.6 Å². The van der Waals surface area contributed by atoms with Crippen LogP contribution >= 0.6 is 0 Å². The lowest BCUT2D eigenvalue weighted by Gasteiger charge is -2.42. The number of halogens is 2. The SMILES string of the molecule is C#Cc1c(F)ccc2cccc(-c3ncc4c(N5C[C@H]6CC[C@@H](C5)N6C(=O)OC(C)(C)C)nc(OC[C@]56CCCN5[C@@H](COC(=O)N(C)C)CC6)nc4c3F)c12. The van der Waals surface area contributed by atoms with Crippen LogP contribution in [0.1, 0.15) is 64.9 Å². The lowest BCUT2D eigenvalue weighted by atomic mass is 9.95. The largest absolute Gasteiger partial charge is 0.461 e. The summed E-state index contributed by atoms with van der Waals surface area (Å²) in [6, 6.07) is 7.94. The number of aromatic nitrogens is 3. The molecule has 14 heteroatoms. The van der Waals surface area contributed by atoms with E-state index in [9.17, 15) is 14.0 Å². The molecule has 4 aliphatic rings. The molecule has 2 aromatic heterocycles. The molecule has 12 nitrogen and oxygen atoms in total. The van der Waals surface area contributed by atoms with E-state index in [0.29, 0.717) is 40.6 Å². The third-order valence-corrected chi connectivity index (χ3v) is 11.7. The van der Waals surface area contributed by atoms with Crippen molar-refractivity contribution in [3.63, 3.8) is 0 Å². The van der Waals surface area contributed by atoms with E-state index in [2.05, 4.69) is 20.7 Å². The Morgan fingerprint density at radius 2 is 1.82 bits per heavy atom. The van der Waals surface area contributed by atoms with Gasteiger partial charge in [0.15, 0.2) is 5.82 Å². The first-order chi connectivity index (χ1) is 26.8. The van der Waals surface area contributed by atoms with E-state index in [0.717, 1.165) is 45.1 Å². The summed E-state index contributed by atoms with van der Waals surface area (Å²) in [5.74, 6) is 1.60. The quantitative estimate of drug-likeness (QED) is 0.187. The number of amides is 2. The summed E-state index contributed by atoms with van der Waals surface area (Å²) in [6.07, 6.45) is 11.7. The molecule has 0 saturated carbocycles. The van der Waals surface area contributed by atoms with Gasteiger partial charge in [0, 0.05) is 50.4 Å². The number of piperazine rings is 1. The van der Waals surface area contributed by atoms with Crippen LogP contribution in [0.5, 0.6) is 6.01 Å². The average Bonchev–Trinajstić information content (AvgIpc) is 3.81. The topological polar surface area (TPSA) is 113 Å². The van der Waals surface area contributed by atoms with Crippen molar-refractivity contribution in [2.75, 3.05) is 51.8 Å². The standard InChI is InChI=1S/C42H47F2N7O5/c1-7-29-32(43)15-12-25-10-8-11-30(33(25)29)35-34(44)36-31(20-45-35)37(49-21-26-13-14-27(22-49)51(26)40(53)56-41(2,3)4)47-38(46-36)55-24-42-17-9-19-50(42)28(16-18-42)23-54-39(52)48(5)6/h1,8,10-12,15,20,26-28H,9,13-14,16-19,21-24H2,2-6H3/t26-,27+,28-,42-/m1/s1. The van der Waals surface area contributed by atoms with Crippen LogP contribution in [-0.2, 0) is 9.47 Å². The van der Waals surface area contributed by atoms with Gasteiger partial charge in [0.1, 0.15) is 41.7 Å². The predicted molar refractivity (Wildman–Crippen MR) is 207 cm³/mol. The number of fused-ring (bicyclic) bond motifs is 5. The molecule has 0 radical (unpaired) electrons. The summed E-state index contributed by atoms with van der Waals surface area (Å²) in [6.45, 7) is 7.85. The van der Waals surface area contributed by atoms with E-state index in [1.807, 2.05) is 25.7 Å². The molecule has 294 valence electrons. The number of rotatable bonds is 7. The smallest absolute Gasteiger partial charge is 0.410 e. The highest BCUT2D eigenvalue weighted by Gasteiger charge is 2.50. The third kappa shape index (κ3) is 6.69. The van der Waals surface area contributed by atoms with Crippen molar-refractivity contribution in [2.24, 2.45) is 0 Å². The van der Waals surface area contributed by atoms with Crippen LogP contribution in [0.25, 0.3) is 32.9 Å². The zero-order valence-corrected chi connectivity index (χ0v) is 32.5. The van der Waals surface area contributed by atoms with Crippen LogP contribution in [0.2, 0.25) is 0 Å². The molecule has 6 heterocycles. The summed E-state index contributed by atoms with van der Waals surface area (Å²) in [5, 5.41) is 1.42. The number of terminal acetylenes is 1. The molecule has 4 atom stereocenters. The highest BCUT2D eigenvalue weighted by molar-refractivity contribution is 6.02.